The Labute approximate surface area is 140 Å². The average Bonchev–Trinajstić information content (AvgIpc) is 2.55. The first kappa shape index (κ1) is 18.6. The molecule has 4 nitrogen and oxygen atoms in total. The molecule has 0 heterocycles. The van der Waals surface area contributed by atoms with Crippen LogP contribution in [0.2, 0.25) is 0 Å². The predicted octanol–water partition coefficient (Wildman–Crippen LogP) is 3.71. The summed E-state index contributed by atoms with van der Waals surface area (Å²) in [4.78, 5) is 22.4. The van der Waals surface area contributed by atoms with Gasteiger partial charge in [0.15, 0.2) is 0 Å². The molecule has 23 heavy (non-hydrogen) atoms. The van der Waals surface area contributed by atoms with Crippen molar-refractivity contribution in [3.8, 4) is 0 Å². The summed E-state index contributed by atoms with van der Waals surface area (Å²) in [7, 11) is 0. The molecule has 0 aromatic carbocycles. The van der Waals surface area contributed by atoms with E-state index in [2.05, 4.69) is 13.8 Å². The molecule has 0 aliphatic heterocycles. The summed E-state index contributed by atoms with van der Waals surface area (Å²) >= 11 is 0. The van der Waals surface area contributed by atoms with Crippen LogP contribution in [0.5, 0.6) is 0 Å². The lowest BCUT2D eigenvalue weighted by Crippen LogP contribution is -2.26. The van der Waals surface area contributed by atoms with Gasteiger partial charge in [0.2, 0.25) is 0 Å². The number of Topliss-reactive ketones (excluding diaryl/α,β-unsaturated/α-hetero) is 2. The van der Waals surface area contributed by atoms with Gasteiger partial charge in [0.05, 0.1) is 12.2 Å². The summed E-state index contributed by atoms with van der Waals surface area (Å²) in [5, 5.41) is 0. The fraction of sp³-hybridized carbons (Fsp3) is 0.895. The van der Waals surface area contributed by atoms with E-state index in [1.165, 1.54) is 0 Å². The topological polar surface area (TPSA) is 52.6 Å². The SMILES string of the molecule is CC(CCOC1CCC(=O)CC1)C(C)COC1CCC(=O)CC1. The number of hydrogen-bond donors (Lipinski definition) is 0. The summed E-state index contributed by atoms with van der Waals surface area (Å²) in [6, 6.07) is 0. The molecule has 0 radical (unpaired) electrons. The molecule has 0 amide bonds. The van der Waals surface area contributed by atoms with E-state index in [4.69, 9.17) is 9.47 Å². The van der Waals surface area contributed by atoms with Gasteiger partial charge in [-0.15, -0.1) is 0 Å². The standard InChI is InChI=1S/C19H32O4/c1-14(11-12-22-18-7-3-16(20)4-8-18)15(2)13-23-19-9-5-17(21)6-10-19/h14-15,18-19H,3-13H2,1-2H3. The third-order valence-electron chi connectivity index (χ3n) is 5.47. The Kier molecular flexibility index (Phi) is 7.71. The Morgan fingerprint density at radius 1 is 0.826 bits per heavy atom. The summed E-state index contributed by atoms with van der Waals surface area (Å²) in [5.41, 5.74) is 0. The third-order valence-corrected chi connectivity index (χ3v) is 5.47. The van der Waals surface area contributed by atoms with E-state index in [1.807, 2.05) is 0 Å². The van der Waals surface area contributed by atoms with Crippen molar-refractivity contribution in [1.29, 1.82) is 0 Å². The second-order valence-electron chi connectivity index (χ2n) is 7.42. The van der Waals surface area contributed by atoms with E-state index in [9.17, 15) is 9.59 Å². The number of carbonyl (C=O) groups is 2. The van der Waals surface area contributed by atoms with Gasteiger partial charge in [0.25, 0.3) is 0 Å². The van der Waals surface area contributed by atoms with E-state index < -0.39 is 0 Å². The first-order valence-corrected chi connectivity index (χ1v) is 9.31. The van der Waals surface area contributed by atoms with Crippen molar-refractivity contribution in [2.45, 2.75) is 83.8 Å². The zero-order chi connectivity index (χ0) is 16.7. The fourth-order valence-corrected chi connectivity index (χ4v) is 3.32. The number of rotatable bonds is 8. The molecule has 2 aliphatic carbocycles. The van der Waals surface area contributed by atoms with Crippen LogP contribution in [0.25, 0.3) is 0 Å². The molecule has 0 spiro atoms. The Morgan fingerprint density at radius 3 is 1.83 bits per heavy atom. The molecule has 2 saturated carbocycles. The average molecular weight is 324 g/mol. The maximum Gasteiger partial charge on any atom is 0.133 e. The number of ketones is 2. The molecular weight excluding hydrogens is 292 g/mol. The monoisotopic (exact) mass is 324 g/mol. The number of carbonyl (C=O) groups excluding carboxylic acids is 2. The highest BCUT2D eigenvalue weighted by Gasteiger charge is 2.22. The molecule has 0 N–H and O–H groups in total. The maximum absolute atomic E-state index is 11.2. The van der Waals surface area contributed by atoms with Gasteiger partial charge in [0.1, 0.15) is 11.6 Å². The normalized spacial score (nSPS) is 23.9. The van der Waals surface area contributed by atoms with Gasteiger partial charge >= 0.3 is 0 Å². The molecular formula is C19H32O4. The van der Waals surface area contributed by atoms with Crippen molar-refractivity contribution in [3.05, 3.63) is 0 Å². The van der Waals surface area contributed by atoms with Gasteiger partial charge in [-0.25, -0.2) is 0 Å². The molecule has 2 rings (SSSR count). The van der Waals surface area contributed by atoms with Crippen molar-refractivity contribution < 1.29 is 19.1 Å². The van der Waals surface area contributed by atoms with E-state index in [-0.39, 0.29) is 12.2 Å². The zero-order valence-electron chi connectivity index (χ0n) is 14.7. The van der Waals surface area contributed by atoms with Crippen molar-refractivity contribution in [2.24, 2.45) is 11.8 Å². The molecule has 132 valence electrons. The molecule has 0 aromatic rings. The summed E-state index contributed by atoms with van der Waals surface area (Å²) in [5.74, 6) is 1.83. The van der Waals surface area contributed by atoms with Crippen LogP contribution in [0.3, 0.4) is 0 Å². The van der Waals surface area contributed by atoms with E-state index in [1.54, 1.807) is 0 Å². The summed E-state index contributed by atoms with van der Waals surface area (Å²) in [6.07, 6.45) is 7.93. The minimum Gasteiger partial charge on any atom is -0.378 e. The Balaban J connectivity index is 1.54. The van der Waals surface area contributed by atoms with E-state index in [0.29, 0.717) is 49.1 Å². The lowest BCUT2D eigenvalue weighted by molar-refractivity contribution is -0.123. The van der Waals surface area contributed by atoms with Gasteiger partial charge in [0, 0.05) is 38.9 Å². The van der Waals surface area contributed by atoms with Gasteiger partial charge in [-0.2, -0.15) is 0 Å². The van der Waals surface area contributed by atoms with Crippen LogP contribution in [0.4, 0.5) is 0 Å². The van der Waals surface area contributed by atoms with Gasteiger partial charge in [-0.05, 0) is 43.9 Å². The second kappa shape index (κ2) is 9.53. The van der Waals surface area contributed by atoms with Crippen LogP contribution < -0.4 is 0 Å². The van der Waals surface area contributed by atoms with E-state index in [0.717, 1.165) is 45.3 Å². The first-order chi connectivity index (χ1) is 11.0. The van der Waals surface area contributed by atoms with Gasteiger partial charge < -0.3 is 9.47 Å². The number of hydrogen-bond acceptors (Lipinski definition) is 4. The fourth-order valence-electron chi connectivity index (χ4n) is 3.32. The lowest BCUT2D eigenvalue weighted by Gasteiger charge is -2.26. The molecule has 0 saturated heterocycles. The Hall–Kier alpha value is -0.740. The molecule has 0 bridgehead atoms. The van der Waals surface area contributed by atoms with Crippen molar-refractivity contribution in [1.82, 2.24) is 0 Å². The quantitative estimate of drug-likeness (QED) is 0.683. The largest absolute Gasteiger partial charge is 0.378 e. The highest BCUT2D eigenvalue weighted by Crippen LogP contribution is 2.23. The summed E-state index contributed by atoms with van der Waals surface area (Å²) in [6.45, 7) is 6.05. The van der Waals surface area contributed by atoms with Crippen LogP contribution in [-0.4, -0.2) is 37.0 Å². The van der Waals surface area contributed by atoms with Crippen LogP contribution in [0, 0.1) is 11.8 Å². The predicted molar refractivity (Wildman–Crippen MR) is 89.4 cm³/mol. The minimum atomic E-state index is 0.276. The highest BCUT2D eigenvalue weighted by atomic mass is 16.5. The van der Waals surface area contributed by atoms with E-state index >= 15 is 0 Å². The van der Waals surface area contributed by atoms with Crippen molar-refractivity contribution in [3.63, 3.8) is 0 Å². The van der Waals surface area contributed by atoms with Gasteiger partial charge in [-0.3, -0.25) is 9.59 Å². The third kappa shape index (κ3) is 6.72. The van der Waals surface area contributed by atoms with Gasteiger partial charge in [-0.1, -0.05) is 13.8 Å². The Morgan fingerprint density at radius 2 is 1.30 bits per heavy atom. The maximum atomic E-state index is 11.2. The van der Waals surface area contributed by atoms with Crippen molar-refractivity contribution >= 4 is 11.6 Å². The zero-order valence-corrected chi connectivity index (χ0v) is 14.7. The minimum absolute atomic E-state index is 0.276. The van der Waals surface area contributed by atoms with Crippen LogP contribution >= 0.6 is 0 Å². The Bertz CT molecular complexity index is 373. The van der Waals surface area contributed by atoms with Crippen LogP contribution in [0.1, 0.15) is 71.6 Å². The van der Waals surface area contributed by atoms with Crippen molar-refractivity contribution in [2.75, 3.05) is 13.2 Å². The summed E-state index contributed by atoms with van der Waals surface area (Å²) < 4.78 is 11.9. The molecule has 2 unspecified atom stereocenters. The molecule has 0 aromatic heterocycles. The smallest absolute Gasteiger partial charge is 0.133 e. The number of ether oxygens (including phenoxy) is 2. The molecule has 2 fully saturated rings. The molecule has 2 aliphatic rings. The first-order valence-electron chi connectivity index (χ1n) is 9.31. The highest BCUT2D eigenvalue weighted by molar-refractivity contribution is 5.79. The van der Waals surface area contributed by atoms with Crippen LogP contribution in [0.15, 0.2) is 0 Å². The second-order valence-corrected chi connectivity index (χ2v) is 7.42. The lowest BCUT2D eigenvalue weighted by atomic mass is 9.93. The molecule has 4 heteroatoms. The molecule has 2 atom stereocenters. The van der Waals surface area contributed by atoms with Crippen LogP contribution in [-0.2, 0) is 19.1 Å².